The molecule has 0 unspecified atom stereocenters. The maximum Gasteiger partial charge on any atom is 0.253 e. The Balaban J connectivity index is 1.50. The maximum atomic E-state index is 14.1. The first-order valence-electron chi connectivity index (χ1n) is 15.7. The van der Waals surface area contributed by atoms with Crippen molar-refractivity contribution in [2.45, 2.75) is 58.7 Å². The number of nitrogens with zero attached hydrogens (tertiary/aromatic N) is 2. The number of amides is 2. The van der Waals surface area contributed by atoms with Crippen LogP contribution in [0.2, 0.25) is 0 Å². The number of aliphatic hydroxyl groups is 1. The third-order valence-electron chi connectivity index (χ3n) is 7.62. The van der Waals surface area contributed by atoms with Gasteiger partial charge in [0, 0.05) is 55.8 Å². The van der Waals surface area contributed by atoms with Crippen molar-refractivity contribution in [3.05, 3.63) is 125 Å². The summed E-state index contributed by atoms with van der Waals surface area (Å²) in [6.45, 7) is 7.59. The number of aliphatic hydroxyl groups excluding tert-OH is 1. The second-order valence-electron chi connectivity index (χ2n) is 11.6. The van der Waals surface area contributed by atoms with Gasteiger partial charge in [0.15, 0.2) is 0 Å². The smallest absolute Gasteiger partial charge is 0.253 e. The van der Waals surface area contributed by atoms with E-state index in [4.69, 9.17) is 0 Å². The molecular weight excluding hydrogens is 586 g/mol. The molecule has 0 radical (unpaired) electrons. The molecule has 1 aromatic heterocycles. The molecule has 0 saturated carbocycles. The Kier molecular flexibility index (Phi) is 12.5. The summed E-state index contributed by atoms with van der Waals surface area (Å²) in [7, 11) is 0. The fourth-order valence-electron chi connectivity index (χ4n) is 5.49. The first kappa shape index (κ1) is 34.4. The van der Waals surface area contributed by atoms with Crippen molar-refractivity contribution >= 4 is 11.8 Å². The Morgan fingerprint density at radius 1 is 0.870 bits per heavy atom. The third-order valence-corrected chi connectivity index (χ3v) is 7.62. The zero-order chi connectivity index (χ0) is 33.1. The SMILES string of the molecule is CCCN(CCC)C(=O)c1cc(C)cc(C(=O)N[C@@H](Cc2cc(F)cc(F)c2)[C@H](O)CNCc2cccc(-c3cccnc3)c2)c1. The van der Waals surface area contributed by atoms with E-state index in [0.29, 0.717) is 30.8 Å². The number of carbonyl (C=O) groups excluding carboxylic acids is 2. The van der Waals surface area contributed by atoms with E-state index < -0.39 is 29.7 Å². The lowest BCUT2D eigenvalue weighted by atomic mass is 9.99. The lowest BCUT2D eigenvalue weighted by Crippen LogP contribution is -2.48. The quantitative estimate of drug-likeness (QED) is 0.148. The van der Waals surface area contributed by atoms with E-state index in [1.54, 1.807) is 35.5 Å². The number of benzene rings is 3. The summed E-state index contributed by atoms with van der Waals surface area (Å²) in [6, 6.07) is 19.0. The van der Waals surface area contributed by atoms with Crippen molar-refractivity contribution in [2.75, 3.05) is 19.6 Å². The van der Waals surface area contributed by atoms with Crippen LogP contribution in [0.4, 0.5) is 8.78 Å². The first-order valence-corrected chi connectivity index (χ1v) is 15.7. The Morgan fingerprint density at radius 2 is 1.57 bits per heavy atom. The molecule has 2 amide bonds. The summed E-state index contributed by atoms with van der Waals surface area (Å²) in [5, 5.41) is 17.4. The molecule has 0 aliphatic rings. The van der Waals surface area contributed by atoms with Gasteiger partial charge in [-0.1, -0.05) is 38.1 Å². The van der Waals surface area contributed by atoms with Crippen LogP contribution in [0, 0.1) is 18.6 Å². The third kappa shape index (κ3) is 9.76. The Labute approximate surface area is 269 Å². The summed E-state index contributed by atoms with van der Waals surface area (Å²) in [5.74, 6) is -2.14. The fourth-order valence-corrected chi connectivity index (χ4v) is 5.49. The number of carbonyl (C=O) groups is 2. The van der Waals surface area contributed by atoms with E-state index in [1.165, 1.54) is 12.1 Å². The van der Waals surface area contributed by atoms with Crippen LogP contribution in [0.1, 0.15) is 64.1 Å². The molecule has 0 spiro atoms. The summed E-state index contributed by atoms with van der Waals surface area (Å²) >= 11 is 0. The van der Waals surface area contributed by atoms with Crippen LogP contribution in [0.15, 0.2) is 85.2 Å². The van der Waals surface area contributed by atoms with Crippen LogP contribution < -0.4 is 10.6 Å². The first-order chi connectivity index (χ1) is 22.2. The van der Waals surface area contributed by atoms with E-state index in [-0.39, 0.29) is 24.4 Å². The number of hydrogen-bond acceptors (Lipinski definition) is 5. The highest BCUT2D eigenvalue weighted by Gasteiger charge is 2.24. The standard InChI is InChI=1S/C37H42F2N4O3/c1-4-12-43(13-5-2)37(46)31-15-25(3)14-30(20-31)36(45)42-34(19-27-17-32(38)21-33(39)18-27)35(44)24-41-22-26-8-6-9-28(16-26)29-10-7-11-40-23-29/h6-11,14-18,20-21,23,34-35,41,44H,4-5,12-13,19,22,24H2,1-3H3,(H,42,45)/t34-,35+/m0/s1. The number of pyridine rings is 1. The molecular formula is C37H42F2N4O3. The molecule has 9 heteroatoms. The Morgan fingerprint density at radius 3 is 2.24 bits per heavy atom. The van der Waals surface area contributed by atoms with Gasteiger partial charge in [-0.3, -0.25) is 14.6 Å². The lowest BCUT2D eigenvalue weighted by molar-refractivity contribution is 0.0755. The predicted octanol–water partition coefficient (Wildman–Crippen LogP) is 6.09. The van der Waals surface area contributed by atoms with Gasteiger partial charge in [0.05, 0.1) is 12.1 Å². The number of halogens is 2. The Bertz CT molecular complexity index is 1590. The van der Waals surface area contributed by atoms with Crippen molar-refractivity contribution in [3.8, 4) is 11.1 Å². The van der Waals surface area contributed by atoms with E-state index in [2.05, 4.69) is 15.6 Å². The van der Waals surface area contributed by atoms with Crippen LogP contribution >= 0.6 is 0 Å². The van der Waals surface area contributed by atoms with Crippen LogP contribution in [0.25, 0.3) is 11.1 Å². The lowest BCUT2D eigenvalue weighted by Gasteiger charge is -2.25. The molecule has 0 bridgehead atoms. The molecule has 0 fully saturated rings. The fraction of sp³-hybridized carbons (Fsp3) is 0.324. The number of aryl methyl sites for hydroxylation is 1. The zero-order valence-corrected chi connectivity index (χ0v) is 26.6. The molecule has 0 aliphatic carbocycles. The highest BCUT2D eigenvalue weighted by atomic mass is 19.1. The van der Waals surface area contributed by atoms with Gasteiger partial charge in [-0.05, 0) is 96.5 Å². The normalized spacial score (nSPS) is 12.4. The van der Waals surface area contributed by atoms with E-state index in [1.807, 2.05) is 57.2 Å². The molecule has 46 heavy (non-hydrogen) atoms. The number of hydrogen-bond donors (Lipinski definition) is 3. The van der Waals surface area contributed by atoms with Crippen molar-refractivity contribution in [2.24, 2.45) is 0 Å². The predicted molar refractivity (Wildman–Crippen MR) is 176 cm³/mol. The molecule has 1 heterocycles. The van der Waals surface area contributed by atoms with Gasteiger partial charge in [-0.2, -0.15) is 0 Å². The highest BCUT2D eigenvalue weighted by Crippen LogP contribution is 2.20. The van der Waals surface area contributed by atoms with E-state index >= 15 is 0 Å². The van der Waals surface area contributed by atoms with E-state index in [9.17, 15) is 23.5 Å². The largest absolute Gasteiger partial charge is 0.390 e. The average molecular weight is 629 g/mol. The van der Waals surface area contributed by atoms with Gasteiger partial charge >= 0.3 is 0 Å². The van der Waals surface area contributed by atoms with Crippen LogP contribution in [0.3, 0.4) is 0 Å². The molecule has 3 N–H and O–H groups in total. The van der Waals surface area contributed by atoms with E-state index in [0.717, 1.165) is 41.2 Å². The maximum absolute atomic E-state index is 14.1. The van der Waals surface area contributed by atoms with Crippen molar-refractivity contribution in [1.29, 1.82) is 0 Å². The van der Waals surface area contributed by atoms with Gasteiger partial charge in [-0.15, -0.1) is 0 Å². The molecule has 0 saturated heterocycles. The van der Waals surface area contributed by atoms with Crippen LogP contribution in [-0.4, -0.2) is 58.6 Å². The highest BCUT2D eigenvalue weighted by molar-refractivity contribution is 6.00. The van der Waals surface area contributed by atoms with Crippen molar-refractivity contribution in [3.63, 3.8) is 0 Å². The monoisotopic (exact) mass is 628 g/mol. The second kappa shape index (κ2) is 16.7. The van der Waals surface area contributed by atoms with Crippen molar-refractivity contribution < 1.29 is 23.5 Å². The summed E-state index contributed by atoms with van der Waals surface area (Å²) in [5.41, 5.74) is 4.68. The van der Waals surface area contributed by atoms with Gasteiger partial charge in [0.25, 0.3) is 11.8 Å². The van der Waals surface area contributed by atoms with Crippen LogP contribution in [0.5, 0.6) is 0 Å². The summed E-state index contributed by atoms with van der Waals surface area (Å²) < 4.78 is 28.1. The second-order valence-corrected chi connectivity index (χ2v) is 11.6. The molecule has 0 aliphatic heterocycles. The summed E-state index contributed by atoms with van der Waals surface area (Å²) in [4.78, 5) is 32.8. The topological polar surface area (TPSA) is 94.6 Å². The molecule has 7 nitrogen and oxygen atoms in total. The zero-order valence-electron chi connectivity index (χ0n) is 26.6. The number of nitrogens with one attached hydrogen (secondary N) is 2. The van der Waals surface area contributed by atoms with Crippen molar-refractivity contribution in [1.82, 2.24) is 20.5 Å². The summed E-state index contributed by atoms with van der Waals surface area (Å²) in [6.07, 6.45) is 4.02. The molecule has 242 valence electrons. The molecule has 2 atom stereocenters. The average Bonchev–Trinajstić information content (AvgIpc) is 3.03. The minimum absolute atomic E-state index is 0.0157. The Hall–Kier alpha value is -4.47. The minimum Gasteiger partial charge on any atom is -0.390 e. The van der Waals surface area contributed by atoms with Crippen LogP contribution in [-0.2, 0) is 13.0 Å². The molecule has 4 aromatic rings. The van der Waals surface area contributed by atoms with Gasteiger partial charge in [0.1, 0.15) is 11.6 Å². The van der Waals surface area contributed by atoms with Gasteiger partial charge < -0.3 is 20.6 Å². The number of rotatable bonds is 15. The molecule has 3 aromatic carbocycles. The van der Waals surface area contributed by atoms with Gasteiger partial charge in [0.2, 0.25) is 0 Å². The number of aromatic nitrogens is 1. The van der Waals surface area contributed by atoms with Gasteiger partial charge in [-0.25, -0.2) is 8.78 Å². The minimum atomic E-state index is -1.10. The molecule has 4 rings (SSSR count).